The Labute approximate surface area is 420 Å². The summed E-state index contributed by atoms with van der Waals surface area (Å²) >= 11 is 6.88. The number of amides is 2. The lowest BCUT2D eigenvalue weighted by atomic mass is 10.0. The van der Waals surface area contributed by atoms with Crippen LogP contribution in [0.2, 0.25) is 0 Å². The predicted octanol–water partition coefficient (Wildman–Crippen LogP) is 11.5. The molecule has 4 aromatic heterocycles. The van der Waals surface area contributed by atoms with Crippen LogP contribution >= 0.6 is 45.3 Å². The van der Waals surface area contributed by atoms with Gasteiger partial charge in [0.2, 0.25) is 11.8 Å². The summed E-state index contributed by atoms with van der Waals surface area (Å²) in [5.41, 5.74) is -3.72. The van der Waals surface area contributed by atoms with Crippen molar-refractivity contribution in [2.24, 2.45) is 0 Å². The summed E-state index contributed by atoms with van der Waals surface area (Å²) in [7, 11) is -11.2. The second-order valence-corrected chi connectivity index (χ2v) is 22.5. The standard InChI is InChI=1S/C20H23N3OS2.C18H19N3OS2.C3H5F3O3S.C2H6.CHF3O3S/c1-4-23(5-2)11-10-14-17(12-23)26-19(21-13(3)24)18(14)20-22-15-8-6-7-9-16(15)25-20;1-3-21-9-8-12-15(10-21)24-17(19-11(2)22)16(12)18-20-13-6-4-5-7-14(13)23-18;1-2-9-10(7,8)3(4,5)6;1-2;2-1(3,4)8(5,6)7/h6-9H,4-5,10-12H2,1-3H3;4-7H,3,8-10H2,1-2H3,(H,19,22);2H2,1H3;1-2H3;(H,5,6,7)/p+1/i;;;1D;. The highest BCUT2D eigenvalue weighted by molar-refractivity contribution is 7.87. The van der Waals surface area contributed by atoms with Crippen molar-refractivity contribution in [3.8, 4) is 21.1 Å². The van der Waals surface area contributed by atoms with Crippen LogP contribution in [-0.2, 0) is 59.9 Å². The van der Waals surface area contributed by atoms with E-state index in [2.05, 4.69) is 64.8 Å². The van der Waals surface area contributed by atoms with Crippen molar-refractivity contribution in [3.63, 3.8) is 0 Å². The minimum Gasteiger partial charge on any atom is -0.319 e. The van der Waals surface area contributed by atoms with Crippen LogP contribution in [-0.4, -0.2) is 103 Å². The van der Waals surface area contributed by atoms with Crippen molar-refractivity contribution >= 4 is 108 Å². The lowest BCUT2D eigenvalue weighted by Gasteiger charge is -2.39. The van der Waals surface area contributed by atoms with Crippen molar-refractivity contribution in [2.45, 2.75) is 92.3 Å². The molecule has 14 nitrogen and oxygen atoms in total. The molecule has 70 heavy (non-hydrogen) atoms. The summed E-state index contributed by atoms with van der Waals surface area (Å²) in [5, 5.41) is 10.1. The predicted molar refractivity (Wildman–Crippen MR) is 268 cm³/mol. The molecule has 0 atom stereocenters. The number of alkyl halides is 6. The Morgan fingerprint density at radius 3 is 1.59 bits per heavy atom. The van der Waals surface area contributed by atoms with Crippen LogP contribution in [0.25, 0.3) is 41.6 Å². The molecule has 3 N–H and O–H groups in total. The van der Waals surface area contributed by atoms with E-state index in [0.29, 0.717) is 6.90 Å². The number of benzene rings is 2. The average Bonchev–Trinajstić information content (AvgIpc) is 4.07. The second kappa shape index (κ2) is 24.5. The van der Waals surface area contributed by atoms with Crippen LogP contribution in [0.1, 0.15) is 77.6 Å². The van der Waals surface area contributed by atoms with Gasteiger partial charge in [-0.05, 0) is 69.1 Å². The van der Waals surface area contributed by atoms with Crippen LogP contribution in [0.4, 0.5) is 36.3 Å². The molecule has 0 unspecified atom stereocenters. The molecule has 2 aromatic carbocycles. The fourth-order valence-corrected chi connectivity index (χ4v) is 12.7. The number of aromatic nitrogens is 2. The van der Waals surface area contributed by atoms with Gasteiger partial charge in [0.1, 0.15) is 26.6 Å². The van der Waals surface area contributed by atoms with Crippen LogP contribution in [0.15, 0.2) is 48.5 Å². The fourth-order valence-electron chi connectivity index (χ4n) is 7.26. The van der Waals surface area contributed by atoms with Crippen LogP contribution < -0.4 is 10.6 Å². The molecular formula is C44H55F6N6O8S6+. The highest BCUT2D eigenvalue weighted by atomic mass is 32.2. The first-order chi connectivity index (χ1) is 33.2. The van der Waals surface area contributed by atoms with Crippen molar-refractivity contribution in [3.05, 3.63) is 69.4 Å². The van der Waals surface area contributed by atoms with Crippen LogP contribution in [0.3, 0.4) is 0 Å². The fraction of sp³-hybridized carbons (Fsp3) is 0.455. The van der Waals surface area contributed by atoms with E-state index in [1.807, 2.05) is 24.3 Å². The summed E-state index contributed by atoms with van der Waals surface area (Å²) < 4.78 is 124. The van der Waals surface area contributed by atoms with Gasteiger partial charge < -0.3 is 15.1 Å². The molecule has 386 valence electrons. The third kappa shape index (κ3) is 14.5. The molecule has 2 amide bonds. The number of hydrogen-bond acceptors (Lipinski definition) is 14. The van der Waals surface area contributed by atoms with Crippen molar-refractivity contribution in [1.82, 2.24) is 14.9 Å². The van der Waals surface area contributed by atoms with Crippen molar-refractivity contribution in [1.29, 1.82) is 0 Å². The number of nitrogens with one attached hydrogen (secondary N) is 2. The van der Waals surface area contributed by atoms with E-state index < -0.39 is 37.9 Å². The molecule has 0 fully saturated rings. The van der Waals surface area contributed by atoms with E-state index in [1.54, 1.807) is 66.1 Å². The molecule has 0 saturated heterocycles. The maximum Gasteiger partial charge on any atom is 0.523 e. The van der Waals surface area contributed by atoms with Gasteiger partial charge in [0.25, 0.3) is 0 Å². The van der Waals surface area contributed by atoms with Gasteiger partial charge in [-0.25, -0.2) is 9.97 Å². The Morgan fingerprint density at radius 1 is 0.771 bits per heavy atom. The number of para-hydroxylation sites is 2. The Morgan fingerprint density at radius 2 is 1.21 bits per heavy atom. The van der Waals surface area contributed by atoms with Gasteiger partial charge in [-0.1, -0.05) is 45.0 Å². The largest absolute Gasteiger partial charge is 0.523 e. The van der Waals surface area contributed by atoms with Gasteiger partial charge in [-0.15, -0.1) is 45.3 Å². The molecule has 0 aliphatic carbocycles. The number of quaternary nitrogens is 1. The zero-order chi connectivity index (χ0) is 53.1. The first-order valence-corrected chi connectivity index (χ1v) is 27.7. The molecule has 2 aliphatic rings. The summed E-state index contributed by atoms with van der Waals surface area (Å²) in [5.74, 6) is -0.0407. The number of carbonyl (C=O) groups excluding carboxylic acids is 2. The first-order valence-electron chi connectivity index (χ1n) is 22.3. The van der Waals surface area contributed by atoms with E-state index in [0.717, 1.165) is 112 Å². The maximum atomic E-state index is 11.8. The zero-order valence-electron chi connectivity index (χ0n) is 40.2. The third-order valence-electron chi connectivity index (χ3n) is 10.8. The average molecular weight is 1100 g/mol. The number of halogens is 6. The summed E-state index contributed by atoms with van der Waals surface area (Å²) in [6.07, 6.45) is 2.07. The molecule has 8 rings (SSSR count). The van der Waals surface area contributed by atoms with Gasteiger partial charge in [-0.2, -0.15) is 43.2 Å². The summed E-state index contributed by atoms with van der Waals surface area (Å²) in [4.78, 5) is 38.4. The topological polar surface area (TPSA) is 185 Å². The first kappa shape index (κ1) is 56.8. The number of nitrogens with zero attached hydrogens (tertiary/aromatic N) is 4. The van der Waals surface area contributed by atoms with Gasteiger partial charge in [0, 0.05) is 50.7 Å². The quantitative estimate of drug-likeness (QED) is 0.0411. The van der Waals surface area contributed by atoms with Gasteiger partial charge in [0.05, 0.1) is 51.6 Å². The molecular weight excluding hydrogens is 1050 g/mol. The minimum absolute atomic E-state index is 0.0160. The molecule has 0 radical (unpaired) electrons. The number of rotatable bonds is 9. The molecule has 0 spiro atoms. The van der Waals surface area contributed by atoms with Crippen LogP contribution in [0.5, 0.6) is 0 Å². The number of likely N-dealkylation sites (N-methyl/N-ethyl adjacent to an activating group) is 2. The van der Waals surface area contributed by atoms with E-state index in [-0.39, 0.29) is 11.8 Å². The number of anilines is 2. The molecule has 6 heterocycles. The highest BCUT2D eigenvalue weighted by Crippen LogP contribution is 2.48. The lowest BCUT2D eigenvalue weighted by molar-refractivity contribution is -0.939. The van der Waals surface area contributed by atoms with E-state index in [9.17, 15) is 44.3 Å². The monoisotopic (exact) mass is 1100 g/mol. The molecule has 6 aromatic rings. The molecule has 0 saturated carbocycles. The van der Waals surface area contributed by atoms with E-state index in [1.165, 1.54) is 30.3 Å². The van der Waals surface area contributed by atoms with Crippen molar-refractivity contribution < 1.29 is 67.4 Å². The number of thiophene rings is 2. The summed E-state index contributed by atoms with van der Waals surface area (Å²) in [6.45, 7) is 20.5. The lowest BCUT2D eigenvalue weighted by Crippen LogP contribution is -2.50. The molecule has 26 heteroatoms. The zero-order valence-corrected chi connectivity index (χ0v) is 44.1. The molecule has 2 aliphatic heterocycles. The van der Waals surface area contributed by atoms with Crippen LogP contribution in [0, 0.1) is 0 Å². The van der Waals surface area contributed by atoms with E-state index in [4.69, 9.17) is 24.3 Å². The Bertz CT molecular complexity index is 2920. The third-order valence-corrected chi connectivity index (χ3v) is 16.8. The highest BCUT2D eigenvalue weighted by Gasteiger charge is 2.47. The number of thiazole rings is 2. The van der Waals surface area contributed by atoms with Crippen molar-refractivity contribution in [2.75, 3.05) is 50.0 Å². The normalized spacial score (nSPS) is 14.7. The Kier molecular flexibility index (Phi) is 19.9. The minimum atomic E-state index is -5.84. The number of fused-ring (bicyclic) bond motifs is 4. The van der Waals surface area contributed by atoms with Gasteiger partial charge in [-0.3, -0.25) is 23.2 Å². The Balaban J connectivity index is 0.000000223. The number of carbonyl (C=O) groups is 2. The SMILES string of the molecule is CCN1CCc2c(sc(NC(C)=O)c2-c2nc3ccccc3s2)C1.CCOS(=O)(=O)C(F)(F)F.CC[N+]1(CC)CCc2c(sc(NC(C)=O)c2-c2nc3ccccc3s2)C1.O=S(=O)(O)C(F)(F)F.[2H]CC. The second-order valence-electron chi connectivity index (χ2n) is 15.2. The number of hydrogen-bond donors (Lipinski definition) is 3. The van der Waals surface area contributed by atoms with Gasteiger partial charge in [0.15, 0.2) is 0 Å². The Hall–Kier alpha value is -4.12. The maximum absolute atomic E-state index is 11.8. The van der Waals surface area contributed by atoms with E-state index >= 15 is 0 Å². The van der Waals surface area contributed by atoms with Gasteiger partial charge >= 0.3 is 31.3 Å². The summed E-state index contributed by atoms with van der Waals surface area (Å²) in [6, 6.07) is 16.5. The smallest absolute Gasteiger partial charge is 0.319 e. The molecule has 0 bridgehead atoms.